The second-order valence-corrected chi connectivity index (χ2v) is 11.2. The quantitative estimate of drug-likeness (QED) is 0.512. The molecule has 176 valence electrons. The van der Waals surface area contributed by atoms with Gasteiger partial charge in [-0.25, -0.2) is 0 Å². The fraction of sp³-hybridized carbons (Fsp3) is 0.690. The molecule has 4 aliphatic rings. The molecule has 2 N–H and O–H groups in total. The molecule has 4 rings (SSSR count). The standard InChI is InChI=1S/C29H42O3/c1-5-29(32)17-15-23(27(29)31)18-19(2)24-13-14-25-22(9-7-16-28(24,25)4)12-11-21-8-6-10-26(30)20(21)3/h11-12,18-19,24-26,30,32H,3,5-10,13-17H2,1-2,4H3/b21-11-,22-12+,23-18+. The zero-order chi connectivity index (χ0) is 23.1. The van der Waals surface area contributed by atoms with Crippen LogP contribution in [0.5, 0.6) is 0 Å². The molecule has 4 saturated carbocycles. The Morgan fingerprint density at radius 1 is 1.09 bits per heavy atom. The Morgan fingerprint density at radius 3 is 2.59 bits per heavy atom. The van der Waals surface area contributed by atoms with Gasteiger partial charge in [0.1, 0.15) is 5.60 Å². The summed E-state index contributed by atoms with van der Waals surface area (Å²) in [6.45, 7) is 10.8. The van der Waals surface area contributed by atoms with E-state index >= 15 is 0 Å². The first kappa shape index (κ1) is 23.7. The lowest BCUT2D eigenvalue weighted by molar-refractivity contribution is -0.130. The first-order valence-corrected chi connectivity index (χ1v) is 12.9. The Balaban J connectivity index is 1.52. The SMILES string of the molecule is C=C1/C(=C\C=C2/CCCC3(C)C2CCC3C(C)/C=C2\CCC(O)(CC)C2=O)CCCC1O. The zero-order valence-electron chi connectivity index (χ0n) is 20.3. The summed E-state index contributed by atoms with van der Waals surface area (Å²) in [5, 5.41) is 20.7. The number of Topliss-reactive ketones (excluding diaryl/α,β-unsaturated/α-hetero) is 1. The van der Waals surface area contributed by atoms with Gasteiger partial charge in [0.15, 0.2) is 5.78 Å². The summed E-state index contributed by atoms with van der Waals surface area (Å²) in [4.78, 5) is 12.7. The van der Waals surface area contributed by atoms with E-state index in [4.69, 9.17) is 0 Å². The third-order valence-corrected chi connectivity index (χ3v) is 9.48. The first-order valence-electron chi connectivity index (χ1n) is 12.9. The van der Waals surface area contributed by atoms with Crippen LogP contribution in [0.1, 0.15) is 91.4 Å². The Morgan fingerprint density at radius 2 is 1.88 bits per heavy atom. The van der Waals surface area contributed by atoms with Crippen LogP contribution in [0.2, 0.25) is 0 Å². The smallest absolute Gasteiger partial charge is 0.190 e. The largest absolute Gasteiger partial charge is 0.388 e. The summed E-state index contributed by atoms with van der Waals surface area (Å²) in [7, 11) is 0. The zero-order valence-corrected chi connectivity index (χ0v) is 20.3. The average Bonchev–Trinajstić information content (AvgIpc) is 3.27. The summed E-state index contributed by atoms with van der Waals surface area (Å²) in [6, 6.07) is 0. The minimum atomic E-state index is -1.13. The molecule has 0 spiro atoms. The van der Waals surface area contributed by atoms with Gasteiger partial charge >= 0.3 is 0 Å². The summed E-state index contributed by atoms with van der Waals surface area (Å²) in [5.41, 5.74) is 3.70. The average molecular weight is 439 g/mol. The Bertz CT molecular complexity index is 862. The molecule has 0 aromatic heterocycles. The molecule has 0 bridgehead atoms. The van der Waals surface area contributed by atoms with Crippen LogP contribution in [0, 0.1) is 23.2 Å². The van der Waals surface area contributed by atoms with Gasteiger partial charge in [-0.05, 0) is 111 Å². The highest BCUT2D eigenvalue weighted by Gasteiger charge is 2.51. The molecule has 3 nitrogen and oxygen atoms in total. The number of aliphatic hydroxyl groups is 2. The molecule has 6 unspecified atom stereocenters. The Hall–Kier alpha value is -1.45. The van der Waals surface area contributed by atoms with Crippen molar-refractivity contribution in [1.29, 1.82) is 0 Å². The summed E-state index contributed by atoms with van der Waals surface area (Å²) in [6.07, 6.45) is 17.2. The van der Waals surface area contributed by atoms with Crippen molar-refractivity contribution in [2.75, 3.05) is 0 Å². The van der Waals surface area contributed by atoms with E-state index < -0.39 is 5.60 Å². The minimum Gasteiger partial charge on any atom is -0.388 e. The molecule has 0 amide bonds. The number of hydrogen-bond donors (Lipinski definition) is 2. The van der Waals surface area contributed by atoms with E-state index in [0.29, 0.717) is 30.6 Å². The maximum absolute atomic E-state index is 12.7. The molecular weight excluding hydrogens is 396 g/mol. The number of hydrogen-bond acceptors (Lipinski definition) is 3. The van der Waals surface area contributed by atoms with Gasteiger partial charge in [-0.1, -0.05) is 51.2 Å². The highest BCUT2D eigenvalue weighted by molar-refractivity contribution is 6.04. The summed E-state index contributed by atoms with van der Waals surface area (Å²) >= 11 is 0. The van der Waals surface area contributed by atoms with Gasteiger partial charge in [0.25, 0.3) is 0 Å². The molecule has 6 atom stereocenters. The molecule has 0 radical (unpaired) electrons. The maximum atomic E-state index is 12.7. The highest BCUT2D eigenvalue weighted by atomic mass is 16.3. The van der Waals surface area contributed by atoms with Crippen LogP contribution in [0.3, 0.4) is 0 Å². The van der Waals surface area contributed by atoms with Crippen LogP contribution in [0.4, 0.5) is 0 Å². The van der Waals surface area contributed by atoms with Crippen molar-refractivity contribution in [3.05, 3.63) is 47.1 Å². The van der Waals surface area contributed by atoms with Crippen LogP contribution in [-0.4, -0.2) is 27.7 Å². The van der Waals surface area contributed by atoms with Crippen LogP contribution in [0.25, 0.3) is 0 Å². The predicted molar refractivity (Wildman–Crippen MR) is 130 cm³/mol. The van der Waals surface area contributed by atoms with Crippen LogP contribution >= 0.6 is 0 Å². The van der Waals surface area contributed by atoms with Crippen LogP contribution < -0.4 is 0 Å². The van der Waals surface area contributed by atoms with Crippen molar-refractivity contribution in [2.24, 2.45) is 23.2 Å². The Kier molecular flexibility index (Phi) is 6.71. The van der Waals surface area contributed by atoms with Crippen LogP contribution in [-0.2, 0) is 4.79 Å². The third-order valence-electron chi connectivity index (χ3n) is 9.48. The third kappa shape index (κ3) is 4.12. The molecule has 0 saturated heterocycles. The minimum absolute atomic E-state index is 0.0303. The normalized spacial score (nSPS) is 42.8. The van der Waals surface area contributed by atoms with Crippen molar-refractivity contribution in [2.45, 2.75) is 103 Å². The van der Waals surface area contributed by atoms with E-state index in [1.807, 2.05) is 6.92 Å². The van der Waals surface area contributed by atoms with Crippen molar-refractivity contribution in [3.63, 3.8) is 0 Å². The van der Waals surface area contributed by atoms with E-state index in [1.165, 1.54) is 37.7 Å². The Labute approximate surface area is 194 Å². The van der Waals surface area contributed by atoms with Gasteiger partial charge < -0.3 is 10.2 Å². The summed E-state index contributed by atoms with van der Waals surface area (Å²) in [5.74, 6) is 1.50. The predicted octanol–water partition coefficient (Wildman–Crippen LogP) is 6.22. The van der Waals surface area contributed by atoms with Gasteiger partial charge in [-0.3, -0.25) is 4.79 Å². The van der Waals surface area contributed by atoms with Crippen molar-refractivity contribution in [3.8, 4) is 0 Å². The van der Waals surface area contributed by atoms with Gasteiger partial charge in [0, 0.05) is 0 Å². The van der Waals surface area contributed by atoms with Crippen LogP contribution in [0.15, 0.2) is 47.1 Å². The highest BCUT2D eigenvalue weighted by Crippen LogP contribution is 2.59. The van der Waals surface area contributed by atoms with Gasteiger partial charge in [-0.15, -0.1) is 0 Å². The molecule has 0 aromatic rings. The maximum Gasteiger partial charge on any atom is 0.190 e. The fourth-order valence-corrected chi connectivity index (χ4v) is 7.37. The molecular formula is C29H42O3. The number of carbonyl (C=O) groups excluding carboxylic acids is 1. The van der Waals surface area contributed by atoms with E-state index in [2.05, 4.69) is 38.7 Å². The van der Waals surface area contributed by atoms with Crippen molar-refractivity contribution < 1.29 is 15.0 Å². The lowest BCUT2D eigenvalue weighted by atomic mass is 9.61. The van der Waals surface area contributed by atoms with Gasteiger partial charge in [-0.2, -0.15) is 0 Å². The summed E-state index contributed by atoms with van der Waals surface area (Å²) < 4.78 is 0. The molecule has 4 fully saturated rings. The van der Waals surface area contributed by atoms with E-state index in [0.717, 1.165) is 36.8 Å². The van der Waals surface area contributed by atoms with E-state index in [9.17, 15) is 15.0 Å². The van der Waals surface area contributed by atoms with Crippen molar-refractivity contribution in [1.82, 2.24) is 0 Å². The number of ketones is 1. The van der Waals surface area contributed by atoms with E-state index in [1.54, 1.807) is 5.57 Å². The lowest BCUT2D eigenvalue weighted by Gasteiger charge is -2.44. The number of carbonyl (C=O) groups is 1. The second-order valence-electron chi connectivity index (χ2n) is 11.2. The molecule has 3 heteroatoms. The number of aliphatic hydroxyl groups excluding tert-OH is 1. The van der Waals surface area contributed by atoms with E-state index in [-0.39, 0.29) is 17.3 Å². The first-order chi connectivity index (χ1) is 15.2. The number of allylic oxidation sites excluding steroid dienone is 4. The molecule has 0 aromatic carbocycles. The molecule has 0 aliphatic heterocycles. The number of fused-ring (bicyclic) bond motifs is 1. The molecule has 4 aliphatic carbocycles. The second kappa shape index (κ2) is 9.06. The van der Waals surface area contributed by atoms with Crippen molar-refractivity contribution >= 4 is 5.78 Å². The monoisotopic (exact) mass is 438 g/mol. The van der Waals surface area contributed by atoms with Gasteiger partial charge in [0.2, 0.25) is 0 Å². The lowest BCUT2D eigenvalue weighted by Crippen LogP contribution is -2.36. The topological polar surface area (TPSA) is 57.5 Å². The molecule has 32 heavy (non-hydrogen) atoms. The van der Waals surface area contributed by atoms with Gasteiger partial charge in [0.05, 0.1) is 6.10 Å². The fourth-order valence-electron chi connectivity index (χ4n) is 7.37. The molecule has 0 heterocycles. The number of rotatable bonds is 4.